The number of carbonyl (C=O) groups is 16. The molecular formula is C79H107FN18O20S. The summed E-state index contributed by atoms with van der Waals surface area (Å²) < 4.78 is 14.9. The lowest BCUT2D eigenvalue weighted by molar-refractivity contribution is -0.145. The smallest absolute Gasteiger partial charge is 0.305 e. The highest BCUT2D eigenvalue weighted by molar-refractivity contribution is 8.00. The van der Waals surface area contributed by atoms with Crippen molar-refractivity contribution in [2.75, 3.05) is 51.8 Å². The van der Waals surface area contributed by atoms with Crippen molar-refractivity contribution in [3.63, 3.8) is 0 Å². The van der Waals surface area contributed by atoms with E-state index < -0.39 is 241 Å². The molecule has 0 bridgehead atoms. The van der Waals surface area contributed by atoms with E-state index in [4.69, 9.17) is 16.9 Å². The molecule has 2 heterocycles. The van der Waals surface area contributed by atoms with Crippen LogP contribution in [0, 0.1) is 17.1 Å². The van der Waals surface area contributed by atoms with Gasteiger partial charge in [-0.05, 0) is 99.2 Å². The number of likely N-dealkylation sites (N-methyl/N-ethyl adjacent to an activating group) is 2. The number of nitrogens with one attached hydrogen (secondary N) is 13. The maximum absolute atomic E-state index is 15.1. The van der Waals surface area contributed by atoms with E-state index in [-0.39, 0.29) is 57.2 Å². The summed E-state index contributed by atoms with van der Waals surface area (Å²) in [4.78, 5) is 230. The van der Waals surface area contributed by atoms with Crippen LogP contribution in [0.4, 0.5) is 4.39 Å². The molecule has 2 aliphatic rings. The third-order valence-corrected chi connectivity index (χ3v) is 20.9. The molecule has 646 valence electrons. The van der Waals surface area contributed by atoms with Gasteiger partial charge in [0, 0.05) is 52.2 Å². The Kier molecular flexibility index (Phi) is 37.1. The van der Waals surface area contributed by atoms with Crippen LogP contribution in [0.15, 0.2) is 109 Å². The van der Waals surface area contributed by atoms with Crippen molar-refractivity contribution in [1.82, 2.24) is 78.5 Å². The van der Waals surface area contributed by atoms with Crippen LogP contribution in [0.5, 0.6) is 0 Å². The van der Waals surface area contributed by atoms with Gasteiger partial charge >= 0.3 is 5.97 Å². The summed E-state index contributed by atoms with van der Waals surface area (Å²) in [6.45, 7) is 5.54. The number of aliphatic hydroxyl groups is 3. The molecule has 4 aromatic carbocycles. The van der Waals surface area contributed by atoms with E-state index in [1.165, 1.54) is 46.9 Å². The fraction of sp³-hybridized carbons (Fsp3) is 0.481. The number of rotatable bonds is 20. The number of nitrogens with zero attached hydrogens (tertiary/aromatic N) is 3. The predicted octanol–water partition coefficient (Wildman–Crippen LogP) is -4.45. The second-order valence-corrected chi connectivity index (χ2v) is 30.4. The molecule has 21 N–H and O–H groups in total. The van der Waals surface area contributed by atoms with Crippen molar-refractivity contribution in [3.8, 4) is 11.1 Å². The van der Waals surface area contributed by atoms with Gasteiger partial charge in [-0.1, -0.05) is 111 Å². The number of hydrogen-bond donors (Lipinski definition) is 19. The summed E-state index contributed by atoms with van der Waals surface area (Å²) in [7, 11) is 2.29. The Bertz CT molecular complexity index is 4280. The monoisotopic (exact) mass is 1680 g/mol. The number of thioether (sulfide) groups is 1. The quantitative estimate of drug-likeness (QED) is 0.0225. The molecule has 6 rings (SSSR count). The highest BCUT2D eigenvalue weighted by Gasteiger charge is 2.43. The Hall–Kier alpha value is -12.2. The molecule has 2 fully saturated rings. The lowest BCUT2D eigenvalue weighted by Gasteiger charge is -2.33. The standard InChI is InChI=1S/C79H107FN18O20S/c1-41(2)63-73(113)91-57(38-99)71(111)94-65(45(6)101)75(115)95-64(44(5)100)74(114)90-55(34-47-26-28-50(29-27-47)49-21-13-10-14-22-49)76(116)97(8)43(4)67(107)89-56(35-48-20-15-23-51(80)32-48)77(117)96(7)42(3)66(106)88-54(36-62(104)105)69(109)87-52(24-16-30-84-79(82)83)78(118)98-31-17-25-59(98)72(112)92-58(68(108)85-37-60(81)102)39-119-40-61(103)86-53(70(110)93-63)33-46-18-11-9-12-19-46/h9-15,18-23,26-29,32,41-45,52-59,63-65,99-101H,16-17,24-25,30-31,33-40H2,1-8H3,(H2,81,102)(H,85,108)(H,86,103)(H,87,109)(H,88,106)(H,89,107)(H,90,114)(H,91,113)(H,92,112)(H,93,110)(H,94,111)(H,95,115)(H,104,105)(H4,82,83,84)/t42-,43-,44+,45+,52-,53-,54-,55-,56-,57-,58-,59-,63-,64-,65-/m0/s1. The molecule has 119 heavy (non-hydrogen) atoms. The Morgan fingerprint density at radius 3 is 1.58 bits per heavy atom. The first-order chi connectivity index (χ1) is 56.3. The van der Waals surface area contributed by atoms with Crippen LogP contribution in [0.2, 0.25) is 0 Å². The molecule has 15 amide bonds. The zero-order chi connectivity index (χ0) is 88.1. The van der Waals surface area contributed by atoms with Gasteiger partial charge < -0.3 is 110 Å². The highest BCUT2D eigenvalue weighted by Crippen LogP contribution is 2.24. The van der Waals surface area contributed by atoms with Gasteiger partial charge in [0.05, 0.1) is 37.5 Å². The molecule has 2 aliphatic heterocycles. The van der Waals surface area contributed by atoms with Gasteiger partial charge in [0.2, 0.25) is 88.6 Å². The van der Waals surface area contributed by atoms with Gasteiger partial charge in [0.25, 0.3) is 0 Å². The molecule has 15 atom stereocenters. The number of fused-ring (bicyclic) bond motifs is 1. The molecule has 0 unspecified atom stereocenters. The largest absolute Gasteiger partial charge is 0.481 e. The average Bonchev–Trinajstić information content (AvgIpc) is 1.51. The summed E-state index contributed by atoms with van der Waals surface area (Å²) in [5.41, 5.74) is 13.5. The maximum Gasteiger partial charge on any atom is 0.305 e. The number of carboxylic acids is 1. The van der Waals surface area contributed by atoms with Gasteiger partial charge in [-0.3, -0.25) is 82.1 Å². The molecule has 0 aliphatic carbocycles. The summed E-state index contributed by atoms with van der Waals surface area (Å²) in [5, 5.41) is 80.1. The Morgan fingerprint density at radius 1 is 0.546 bits per heavy atom. The van der Waals surface area contributed by atoms with E-state index >= 15 is 4.79 Å². The van der Waals surface area contributed by atoms with Gasteiger partial charge in [-0.25, -0.2) is 4.39 Å². The van der Waals surface area contributed by atoms with E-state index in [2.05, 4.69) is 63.8 Å². The summed E-state index contributed by atoms with van der Waals surface area (Å²) in [6.07, 6.45) is -5.94. The van der Waals surface area contributed by atoms with Crippen LogP contribution >= 0.6 is 11.8 Å². The first-order valence-electron chi connectivity index (χ1n) is 38.5. The van der Waals surface area contributed by atoms with E-state index in [1.54, 1.807) is 54.6 Å². The van der Waals surface area contributed by atoms with Gasteiger partial charge in [0.15, 0.2) is 5.96 Å². The molecule has 2 saturated heterocycles. The van der Waals surface area contributed by atoms with Crippen LogP contribution in [0.3, 0.4) is 0 Å². The number of carbonyl (C=O) groups excluding carboxylic acids is 15. The van der Waals surface area contributed by atoms with Crippen molar-refractivity contribution < 1.29 is 102 Å². The molecule has 38 nitrogen and oxygen atoms in total. The Labute approximate surface area is 690 Å². The number of benzene rings is 4. The minimum Gasteiger partial charge on any atom is -0.481 e. The molecule has 0 aromatic heterocycles. The van der Waals surface area contributed by atoms with E-state index in [1.807, 2.05) is 30.3 Å². The predicted molar refractivity (Wildman–Crippen MR) is 431 cm³/mol. The van der Waals surface area contributed by atoms with Crippen LogP contribution in [0.1, 0.15) is 90.3 Å². The van der Waals surface area contributed by atoms with Crippen LogP contribution in [-0.2, 0) is 96.0 Å². The van der Waals surface area contributed by atoms with E-state index in [0.717, 1.165) is 70.6 Å². The van der Waals surface area contributed by atoms with Crippen molar-refractivity contribution in [2.24, 2.45) is 17.4 Å². The lowest BCUT2D eigenvalue weighted by Crippen LogP contribution is -2.64. The second-order valence-electron chi connectivity index (χ2n) is 29.4. The summed E-state index contributed by atoms with van der Waals surface area (Å²) >= 11 is 0.762. The van der Waals surface area contributed by atoms with Crippen LogP contribution in [-0.4, -0.2) is 278 Å². The molecule has 40 heteroatoms. The Balaban J connectivity index is 1.41. The normalized spacial score (nSPS) is 24.7. The van der Waals surface area contributed by atoms with Crippen molar-refractivity contribution in [2.45, 2.75) is 184 Å². The zero-order valence-corrected chi connectivity index (χ0v) is 67.9. The first kappa shape index (κ1) is 95.7. The fourth-order valence-electron chi connectivity index (χ4n) is 12.9. The molecular weight excluding hydrogens is 1570 g/mol. The van der Waals surface area contributed by atoms with Gasteiger partial charge in [-0.15, -0.1) is 11.8 Å². The third kappa shape index (κ3) is 29.2. The average molecular weight is 1680 g/mol. The number of hydrogen-bond acceptors (Lipinski definition) is 21. The number of aliphatic carboxylic acids is 1. The van der Waals surface area contributed by atoms with E-state index in [0.29, 0.717) is 11.1 Å². The highest BCUT2D eigenvalue weighted by atomic mass is 32.2. The minimum atomic E-state index is -2.03. The third-order valence-electron chi connectivity index (χ3n) is 19.8. The van der Waals surface area contributed by atoms with Crippen LogP contribution in [0.25, 0.3) is 11.1 Å². The number of aliphatic hydroxyl groups excluding tert-OH is 3. The number of amides is 15. The molecule has 0 spiro atoms. The maximum atomic E-state index is 15.1. The molecule has 0 radical (unpaired) electrons. The summed E-state index contributed by atoms with van der Waals surface area (Å²) in [6, 6.07) is 6.89. The first-order valence-corrected chi connectivity index (χ1v) is 39.6. The molecule has 0 saturated carbocycles. The Morgan fingerprint density at radius 2 is 1.03 bits per heavy atom. The van der Waals surface area contributed by atoms with Crippen molar-refractivity contribution in [3.05, 3.63) is 132 Å². The number of primary amides is 1. The van der Waals surface area contributed by atoms with Crippen molar-refractivity contribution >= 4 is 112 Å². The van der Waals surface area contributed by atoms with E-state index in [9.17, 15) is 96.7 Å². The topological polar surface area (TPSA) is 584 Å². The van der Waals surface area contributed by atoms with Crippen LogP contribution < -0.4 is 75.3 Å². The SMILES string of the molecule is CC(C)[C@@H]1NC(=O)[C@H](Cc2ccccc2)NC(=O)CSC[C@@H](C(=O)NCC(N)=O)NC(=O)[C@@H]2CCCN2C(=O)[C@H](CCCNC(=N)N)NC(=O)[C@H](CC(=O)O)NC(=O)[C@H](C)N(C)C(=O)[C@H](Cc2cccc(F)c2)NC(=O)[C@H](C)N(C)C(=O)[C@H](Cc2ccc(-c3ccccc3)cc2)NC(=O)[C@H]([C@@H](C)O)NC(=O)[C@H]([C@@H](C)O)NC(=O)[C@H](CO)NC1=O. The van der Waals surface area contributed by atoms with Crippen molar-refractivity contribution in [1.29, 1.82) is 5.41 Å². The lowest BCUT2D eigenvalue weighted by atomic mass is 9.99. The van der Waals surface area contributed by atoms with Gasteiger partial charge in [-0.2, -0.15) is 0 Å². The second kappa shape index (κ2) is 46.1. The number of carboxylic acid groups (broad SMARTS) is 1. The molecule has 4 aromatic rings. The summed E-state index contributed by atoms with van der Waals surface area (Å²) in [5.74, 6) is -20.6. The fourth-order valence-corrected chi connectivity index (χ4v) is 13.7. The zero-order valence-electron chi connectivity index (χ0n) is 67.1. The number of nitrogens with two attached hydrogens (primary N) is 2. The minimum absolute atomic E-state index is 0.0172. The number of guanidine groups is 1. The number of halogens is 1. The van der Waals surface area contributed by atoms with Gasteiger partial charge in [0.1, 0.15) is 84.4 Å².